The van der Waals surface area contributed by atoms with Gasteiger partial charge in [-0.2, -0.15) is 15.1 Å². The van der Waals surface area contributed by atoms with Crippen LogP contribution < -0.4 is 5.32 Å². The van der Waals surface area contributed by atoms with Crippen LogP contribution in [0.1, 0.15) is 38.8 Å². The molecule has 1 aliphatic carbocycles. The van der Waals surface area contributed by atoms with Gasteiger partial charge in [-0.15, -0.1) is 0 Å². The lowest BCUT2D eigenvalue weighted by Crippen LogP contribution is -2.30. The monoisotopic (exact) mass is 353 g/mol. The Balaban J connectivity index is 1.72. The molecule has 0 amide bonds. The molecule has 0 unspecified atom stereocenters. The minimum Gasteiger partial charge on any atom is -0.388 e. The van der Waals surface area contributed by atoms with E-state index in [-0.39, 0.29) is 5.28 Å². The van der Waals surface area contributed by atoms with E-state index in [1.165, 1.54) is 17.5 Å². The number of aromatic nitrogens is 4. The molecule has 2 aliphatic rings. The third-order valence-electron chi connectivity index (χ3n) is 4.84. The SMILES string of the molecule is C[C@H]1O[C@@H](n2ncc3c(NC4CCCC4)nc(Cl)nc32)[C@H](O)[C@@H]1O. The summed E-state index contributed by atoms with van der Waals surface area (Å²) >= 11 is 6.08. The van der Waals surface area contributed by atoms with Crippen molar-refractivity contribution in [1.29, 1.82) is 0 Å². The lowest BCUT2D eigenvalue weighted by atomic mass is 10.1. The molecule has 4 atom stereocenters. The number of nitrogens with one attached hydrogen (secondary N) is 1. The van der Waals surface area contributed by atoms with Crippen molar-refractivity contribution >= 4 is 28.5 Å². The Kier molecular flexibility index (Phi) is 4.07. The van der Waals surface area contributed by atoms with Gasteiger partial charge in [0.25, 0.3) is 0 Å². The zero-order valence-electron chi connectivity index (χ0n) is 13.3. The Bertz CT molecular complexity index is 748. The third-order valence-corrected chi connectivity index (χ3v) is 5.01. The number of anilines is 1. The van der Waals surface area contributed by atoms with Crippen molar-refractivity contribution in [2.24, 2.45) is 0 Å². The zero-order valence-corrected chi connectivity index (χ0v) is 14.0. The number of halogens is 1. The summed E-state index contributed by atoms with van der Waals surface area (Å²) in [5.41, 5.74) is 0.473. The quantitative estimate of drug-likeness (QED) is 0.717. The average Bonchev–Trinajstić information content (AvgIpc) is 3.25. The predicted octanol–water partition coefficient (Wildman–Crippen LogP) is 1.47. The Labute approximate surface area is 143 Å². The van der Waals surface area contributed by atoms with Crippen LogP contribution in [0.3, 0.4) is 0 Å². The van der Waals surface area contributed by atoms with Gasteiger partial charge in [-0.05, 0) is 31.4 Å². The number of aliphatic hydroxyl groups is 2. The highest BCUT2D eigenvalue weighted by atomic mass is 35.5. The Morgan fingerprint density at radius 3 is 2.67 bits per heavy atom. The predicted molar refractivity (Wildman–Crippen MR) is 87.8 cm³/mol. The molecule has 9 heteroatoms. The van der Waals surface area contributed by atoms with Crippen molar-refractivity contribution in [3.05, 3.63) is 11.5 Å². The second-order valence-electron chi connectivity index (χ2n) is 6.51. The largest absolute Gasteiger partial charge is 0.388 e. The first-order chi connectivity index (χ1) is 11.5. The summed E-state index contributed by atoms with van der Waals surface area (Å²) in [6.07, 6.45) is 2.90. The van der Waals surface area contributed by atoms with Gasteiger partial charge < -0.3 is 20.3 Å². The van der Waals surface area contributed by atoms with E-state index in [0.717, 1.165) is 18.2 Å². The molecule has 130 valence electrons. The second kappa shape index (κ2) is 6.11. The Morgan fingerprint density at radius 2 is 2.00 bits per heavy atom. The smallest absolute Gasteiger partial charge is 0.226 e. The first kappa shape index (κ1) is 16.0. The van der Waals surface area contributed by atoms with E-state index in [2.05, 4.69) is 20.4 Å². The maximum Gasteiger partial charge on any atom is 0.226 e. The van der Waals surface area contributed by atoms with Crippen LogP contribution in [0.5, 0.6) is 0 Å². The Hall–Kier alpha value is -1.48. The third kappa shape index (κ3) is 2.63. The van der Waals surface area contributed by atoms with Crippen LogP contribution in [0, 0.1) is 0 Å². The van der Waals surface area contributed by atoms with Crippen LogP contribution in [-0.2, 0) is 4.74 Å². The first-order valence-electron chi connectivity index (χ1n) is 8.23. The molecule has 1 saturated heterocycles. The van der Waals surface area contributed by atoms with Gasteiger partial charge in [0.1, 0.15) is 18.0 Å². The van der Waals surface area contributed by atoms with Gasteiger partial charge in [-0.25, -0.2) is 4.68 Å². The molecule has 1 aliphatic heterocycles. The van der Waals surface area contributed by atoms with Crippen molar-refractivity contribution in [3.8, 4) is 0 Å². The van der Waals surface area contributed by atoms with Crippen LogP contribution in [0.4, 0.5) is 5.82 Å². The number of aliphatic hydroxyl groups excluding tert-OH is 2. The van der Waals surface area contributed by atoms with Crippen molar-refractivity contribution in [1.82, 2.24) is 19.7 Å². The van der Waals surface area contributed by atoms with Crippen molar-refractivity contribution in [3.63, 3.8) is 0 Å². The van der Waals surface area contributed by atoms with Crippen LogP contribution in [0.15, 0.2) is 6.20 Å². The molecule has 4 rings (SSSR count). The van der Waals surface area contributed by atoms with Crippen molar-refractivity contribution in [2.45, 2.75) is 63.2 Å². The zero-order chi connectivity index (χ0) is 16.8. The molecule has 3 N–H and O–H groups in total. The molecule has 2 aromatic heterocycles. The standard InChI is InChI=1S/C15H20ClN5O3/c1-7-10(22)11(23)14(24-7)21-13-9(6-17-21)12(19-15(16)20-13)18-8-4-2-3-5-8/h6-8,10-11,14,22-23H,2-5H2,1H3,(H,18,19,20)/t7-,10-,11-,14-/m1/s1. The highest BCUT2D eigenvalue weighted by Crippen LogP contribution is 2.33. The molecule has 3 heterocycles. The lowest BCUT2D eigenvalue weighted by Gasteiger charge is -2.16. The number of hydrogen-bond donors (Lipinski definition) is 3. The summed E-state index contributed by atoms with van der Waals surface area (Å²) in [5.74, 6) is 0.643. The molecule has 2 aromatic rings. The van der Waals surface area contributed by atoms with E-state index < -0.39 is 24.5 Å². The number of hydrogen-bond acceptors (Lipinski definition) is 7. The van der Waals surface area contributed by atoms with Crippen LogP contribution in [-0.4, -0.2) is 54.3 Å². The molecule has 24 heavy (non-hydrogen) atoms. The van der Waals surface area contributed by atoms with E-state index >= 15 is 0 Å². The summed E-state index contributed by atoms with van der Waals surface area (Å²) in [6.45, 7) is 1.70. The minimum absolute atomic E-state index is 0.103. The van der Waals surface area contributed by atoms with Gasteiger partial charge in [-0.1, -0.05) is 12.8 Å². The van der Waals surface area contributed by atoms with E-state index in [4.69, 9.17) is 16.3 Å². The fourth-order valence-electron chi connectivity index (χ4n) is 3.49. The number of ether oxygens (including phenoxy) is 1. The van der Waals surface area contributed by atoms with E-state index in [1.54, 1.807) is 13.1 Å². The molecule has 8 nitrogen and oxygen atoms in total. The van der Waals surface area contributed by atoms with Gasteiger partial charge in [0, 0.05) is 6.04 Å². The van der Waals surface area contributed by atoms with Gasteiger partial charge in [-0.3, -0.25) is 0 Å². The topological polar surface area (TPSA) is 105 Å². The minimum atomic E-state index is -1.08. The Morgan fingerprint density at radius 1 is 1.25 bits per heavy atom. The van der Waals surface area contributed by atoms with Gasteiger partial charge in [0.15, 0.2) is 11.9 Å². The summed E-state index contributed by atoms with van der Waals surface area (Å²) in [7, 11) is 0. The molecule has 0 bridgehead atoms. The molecule has 0 radical (unpaired) electrons. The second-order valence-corrected chi connectivity index (χ2v) is 6.84. The van der Waals surface area contributed by atoms with Crippen LogP contribution in [0.2, 0.25) is 5.28 Å². The molecule has 1 saturated carbocycles. The molecule has 0 aromatic carbocycles. The number of fused-ring (bicyclic) bond motifs is 1. The maximum absolute atomic E-state index is 10.2. The molecular weight excluding hydrogens is 334 g/mol. The van der Waals surface area contributed by atoms with Crippen molar-refractivity contribution in [2.75, 3.05) is 5.32 Å². The fourth-order valence-corrected chi connectivity index (χ4v) is 3.65. The fraction of sp³-hybridized carbons (Fsp3) is 0.667. The number of rotatable bonds is 3. The van der Waals surface area contributed by atoms with Gasteiger partial charge >= 0.3 is 0 Å². The molecule has 2 fully saturated rings. The van der Waals surface area contributed by atoms with Gasteiger partial charge in [0.2, 0.25) is 5.28 Å². The highest BCUT2D eigenvalue weighted by Gasteiger charge is 2.42. The van der Waals surface area contributed by atoms with Crippen molar-refractivity contribution < 1.29 is 14.9 Å². The van der Waals surface area contributed by atoms with E-state index in [0.29, 0.717) is 17.5 Å². The van der Waals surface area contributed by atoms with Crippen LogP contribution >= 0.6 is 11.6 Å². The normalized spacial score (nSPS) is 31.2. The van der Waals surface area contributed by atoms with E-state index in [1.807, 2.05) is 0 Å². The molecule has 0 spiro atoms. The van der Waals surface area contributed by atoms with Gasteiger partial charge in [0.05, 0.1) is 17.7 Å². The summed E-state index contributed by atoms with van der Waals surface area (Å²) in [5, 5.41) is 28.6. The van der Waals surface area contributed by atoms with Crippen LogP contribution in [0.25, 0.3) is 11.0 Å². The average molecular weight is 354 g/mol. The molecular formula is C15H20ClN5O3. The van der Waals surface area contributed by atoms with E-state index in [9.17, 15) is 10.2 Å². The summed E-state index contributed by atoms with van der Waals surface area (Å²) < 4.78 is 7.09. The summed E-state index contributed by atoms with van der Waals surface area (Å²) in [4.78, 5) is 8.53. The summed E-state index contributed by atoms with van der Waals surface area (Å²) in [6, 6.07) is 0.373. The maximum atomic E-state index is 10.2. The lowest BCUT2D eigenvalue weighted by molar-refractivity contribution is -0.0372. The number of nitrogens with zero attached hydrogens (tertiary/aromatic N) is 4. The first-order valence-corrected chi connectivity index (χ1v) is 8.61. The highest BCUT2D eigenvalue weighted by molar-refractivity contribution is 6.28.